The topological polar surface area (TPSA) is 20.2 Å². The third kappa shape index (κ3) is 8.96. The van der Waals surface area contributed by atoms with Crippen molar-refractivity contribution in [3.63, 3.8) is 0 Å². The molecule has 1 nitrogen and oxygen atoms in total. The van der Waals surface area contributed by atoms with Crippen LogP contribution in [-0.4, -0.2) is 11.7 Å². The number of aliphatic hydroxyl groups excluding tert-OH is 1. The van der Waals surface area contributed by atoms with Crippen molar-refractivity contribution >= 4 is 0 Å². The minimum Gasteiger partial charge on any atom is -0.396 e. The molecule has 0 aromatic rings. The molecule has 0 saturated heterocycles. The van der Waals surface area contributed by atoms with Gasteiger partial charge in [-0.3, -0.25) is 0 Å². The van der Waals surface area contributed by atoms with Gasteiger partial charge in [0.1, 0.15) is 0 Å². The van der Waals surface area contributed by atoms with Crippen molar-refractivity contribution < 1.29 is 34.7 Å². The van der Waals surface area contributed by atoms with Gasteiger partial charge >= 0.3 is 29.6 Å². The maximum Gasteiger partial charge on any atom is 1.00 e. The van der Waals surface area contributed by atoms with Gasteiger partial charge in [-0.25, -0.2) is 0 Å². The normalized spacial score (nSPS) is 12.3. The molecule has 0 heterocycles. The van der Waals surface area contributed by atoms with Crippen LogP contribution in [0.15, 0.2) is 0 Å². The Bertz CT molecular complexity index is 48.2. The van der Waals surface area contributed by atoms with Crippen LogP contribution in [0.1, 0.15) is 33.1 Å². The molecule has 2 heteroatoms. The fourth-order valence-corrected chi connectivity index (χ4v) is 0.644. The second-order valence-electron chi connectivity index (χ2n) is 2.43. The molecule has 0 amide bonds. The molecule has 0 fully saturated rings. The van der Waals surface area contributed by atoms with E-state index in [9.17, 15) is 0 Å². The molecule has 9 heavy (non-hydrogen) atoms. The molecule has 0 spiro atoms. The van der Waals surface area contributed by atoms with E-state index < -0.39 is 0 Å². The third-order valence-corrected chi connectivity index (χ3v) is 1.36. The molecule has 0 rings (SSSR count). The average molecular weight is 139 g/mol. The van der Waals surface area contributed by atoms with Gasteiger partial charge in [0.05, 0.1) is 0 Å². The molecule has 0 aliphatic rings. The van der Waals surface area contributed by atoms with E-state index in [0.717, 1.165) is 0 Å². The number of hydrogen-bond acceptors (Lipinski definition) is 1. The first-order chi connectivity index (χ1) is 3.81. The minimum atomic E-state index is 0. The minimum absolute atomic E-state index is 0. The molecular weight excluding hydrogens is 123 g/mol. The van der Waals surface area contributed by atoms with Crippen molar-refractivity contribution in [1.82, 2.24) is 0 Å². The Morgan fingerprint density at radius 3 is 2.33 bits per heavy atom. The molecule has 1 N–H and O–H groups in total. The van der Waals surface area contributed by atoms with Gasteiger partial charge < -0.3 is 5.11 Å². The number of unbranched alkanes of at least 4 members (excludes halogenated alkanes) is 1. The van der Waals surface area contributed by atoms with Crippen molar-refractivity contribution in [3.05, 3.63) is 0 Å². The van der Waals surface area contributed by atoms with E-state index in [1.54, 1.807) is 0 Å². The van der Waals surface area contributed by atoms with Crippen LogP contribution >= 0.6 is 0 Å². The molecule has 0 radical (unpaired) electrons. The van der Waals surface area contributed by atoms with E-state index in [0.29, 0.717) is 12.5 Å². The molecule has 0 bridgehead atoms. The van der Waals surface area contributed by atoms with Crippen LogP contribution in [-0.2, 0) is 0 Å². The molecule has 0 aromatic carbocycles. The van der Waals surface area contributed by atoms with Gasteiger partial charge in [-0.1, -0.05) is 26.7 Å². The Balaban J connectivity index is 0. The molecule has 50 valence electrons. The summed E-state index contributed by atoms with van der Waals surface area (Å²) in [4.78, 5) is 0. The van der Waals surface area contributed by atoms with E-state index in [-0.39, 0.29) is 29.6 Å². The first-order valence-electron chi connectivity index (χ1n) is 3.42. The Kier molecular flexibility index (Phi) is 12.6. The molecular formula is C7H16NaO+. The number of aliphatic hydroxyl groups is 1. The van der Waals surface area contributed by atoms with Crippen molar-refractivity contribution in [2.24, 2.45) is 5.92 Å². The van der Waals surface area contributed by atoms with Crippen LogP contribution in [0, 0.1) is 5.92 Å². The number of rotatable bonds is 4. The van der Waals surface area contributed by atoms with Crippen LogP contribution in [0.3, 0.4) is 0 Å². The van der Waals surface area contributed by atoms with Crippen LogP contribution < -0.4 is 29.6 Å². The summed E-state index contributed by atoms with van der Waals surface area (Å²) in [6, 6.07) is 0. The van der Waals surface area contributed by atoms with Crippen molar-refractivity contribution in [2.45, 2.75) is 33.1 Å². The average Bonchev–Trinajstić information content (AvgIpc) is 1.83. The standard InChI is InChI=1S/C7H16O.Na/c1-3-4-5-7(2)6-8;/h7-8H,3-6H2,1-2H3;/q;+1. The van der Waals surface area contributed by atoms with Crippen LogP contribution in [0.25, 0.3) is 0 Å². The second kappa shape index (κ2) is 8.96. The summed E-state index contributed by atoms with van der Waals surface area (Å²) >= 11 is 0. The van der Waals surface area contributed by atoms with Crippen molar-refractivity contribution in [3.8, 4) is 0 Å². The molecule has 0 aromatic heterocycles. The zero-order valence-corrected chi connectivity index (χ0v) is 8.85. The quantitative estimate of drug-likeness (QED) is 0.486. The predicted molar refractivity (Wildman–Crippen MR) is 35.8 cm³/mol. The molecule has 0 saturated carbocycles. The Hall–Kier alpha value is 0.960. The third-order valence-electron chi connectivity index (χ3n) is 1.36. The molecule has 1 unspecified atom stereocenters. The summed E-state index contributed by atoms with van der Waals surface area (Å²) < 4.78 is 0. The van der Waals surface area contributed by atoms with Crippen molar-refractivity contribution in [2.75, 3.05) is 6.61 Å². The first-order valence-corrected chi connectivity index (χ1v) is 3.42. The largest absolute Gasteiger partial charge is 1.00 e. The Morgan fingerprint density at radius 1 is 1.44 bits per heavy atom. The van der Waals surface area contributed by atoms with Crippen molar-refractivity contribution in [1.29, 1.82) is 0 Å². The van der Waals surface area contributed by atoms with Crippen LogP contribution in [0.2, 0.25) is 0 Å². The van der Waals surface area contributed by atoms with Gasteiger partial charge in [-0.15, -0.1) is 0 Å². The Labute approximate surface area is 80.1 Å². The monoisotopic (exact) mass is 139 g/mol. The van der Waals surface area contributed by atoms with Gasteiger partial charge in [-0.05, 0) is 12.3 Å². The van der Waals surface area contributed by atoms with Gasteiger partial charge in [0.15, 0.2) is 0 Å². The fraction of sp³-hybridized carbons (Fsp3) is 1.00. The van der Waals surface area contributed by atoms with E-state index in [2.05, 4.69) is 13.8 Å². The van der Waals surface area contributed by atoms with E-state index in [1.165, 1.54) is 19.3 Å². The second-order valence-corrected chi connectivity index (χ2v) is 2.43. The van der Waals surface area contributed by atoms with Crippen LogP contribution in [0.5, 0.6) is 0 Å². The van der Waals surface area contributed by atoms with Gasteiger partial charge in [0.25, 0.3) is 0 Å². The molecule has 1 atom stereocenters. The maximum absolute atomic E-state index is 8.56. The molecule has 0 aliphatic heterocycles. The summed E-state index contributed by atoms with van der Waals surface area (Å²) in [7, 11) is 0. The summed E-state index contributed by atoms with van der Waals surface area (Å²) in [6.07, 6.45) is 3.67. The predicted octanol–water partition coefficient (Wildman–Crippen LogP) is -1.19. The van der Waals surface area contributed by atoms with Gasteiger partial charge in [0, 0.05) is 6.61 Å². The van der Waals surface area contributed by atoms with Crippen LogP contribution in [0.4, 0.5) is 0 Å². The number of hydrogen-bond donors (Lipinski definition) is 1. The summed E-state index contributed by atoms with van der Waals surface area (Å²) in [5, 5.41) is 8.56. The zero-order chi connectivity index (χ0) is 6.41. The smallest absolute Gasteiger partial charge is 0.396 e. The maximum atomic E-state index is 8.56. The zero-order valence-electron chi connectivity index (χ0n) is 6.85. The SMILES string of the molecule is CCCCC(C)CO.[Na+]. The van der Waals surface area contributed by atoms with Gasteiger partial charge in [-0.2, -0.15) is 0 Å². The van der Waals surface area contributed by atoms with E-state index in [1.807, 2.05) is 0 Å². The van der Waals surface area contributed by atoms with Gasteiger partial charge in [0.2, 0.25) is 0 Å². The summed E-state index contributed by atoms with van der Waals surface area (Å²) in [6.45, 7) is 4.60. The summed E-state index contributed by atoms with van der Waals surface area (Å²) in [5.74, 6) is 0.509. The van der Waals surface area contributed by atoms with E-state index >= 15 is 0 Å². The van der Waals surface area contributed by atoms with E-state index in [4.69, 9.17) is 5.11 Å². The fourth-order valence-electron chi connectivity index (χ4n) is 0.644. The Morgan fingerprint density at radius 2 is 2.00 bits per heavy atom. The first kappa shape index (κ1) is 12.6. The summed E-state index contributed by atoms with van der Waals surface area (Å²) in [5.41, 5.74) is 0. The molecule has 0 aliphatic carbocycles.